The van der Waals surface area contributed by atoms with Crippen LogP contribution in [0.5, 0.6) is 0 Å². The molecular formula is C19H17BrClFN4S. The van der Waals surface area contributed by atoms with Crippen LogP contribution in [-0.2, 0) is 6.54 Å². The highest BCUT2D eigenvalue weighted by atomic mass is 79.9. The number of halogens is 3. The zero-order chi connectivity index (χ0) is 19.6. The molecule has 0 radical (unpaired) electrons. The number of hydrogen-bond donors (Lipinski definition) is 2. The Morgan fingerprint density at radius 1 is 1.26 bits per heavy atom. The van der Waals surface area contributed by atoms with Gasteiger partial charge in [0.25, 0.3) is 0 Å². The first-order chi connectivity index (χ1) is 12.8. The highest BCUT2D eigenvalue weighted by Gasteiger charge is 2.13. The van der Waals surface area contributed by atoms with Gasteiger partial charge >= 0.3 is 0 Å². The number of nitrogens with one attached hydrogen (secondary N) is 2. The fourth-order valence-electron chi connectivity index (χ4n) is 2.54. The second-order valence-electron chi connectivity index (χ2n) is 6.12. The van der Waals surface area contributed by atoms with E-state index in [9.17, 15) is 4.39 Å². The van der Waals surface area contributed by atoms with E-state index in [0.717, 1.165) is 16.8 Å². The zero-order valence-corrected chi connectivity index (χ0v) is 17.8. The van der Waals surface area contributed by atoms with Crippen molar-refractivity contribution in [1.29, 1.82) is 0 Å². The SMILES string of the molecule is Cc1ccc(C)c(NC(=S)Nc2nn(Cc3c(F)cccc3Cl)cc2Br)c1. The number of nitrogens with zero attached hydrogens (tertiary/aromatic N) is 2. The molecule has 2 N–H and O–H groups in total. The molecule has 0 amide bonds. The Balaban J connectivity index is 1.73. The summed E-state index contributed by atoms with van der Waals surface area (Å²) in [5.74, 6) is 0.168. The van der Waals surface area contributed by atoms with E-state index in [1.165, 1.54) is 6.07 Å². The minimum absolute atomic E-state index is 0.211. The highest BCUT2D eigenvalue weighted by molar-refractivity contribution is 9.10. The molecule has 0 unspecified atom stereocenters. The molecule has 27 heavy (non-hydrogen) atoms. The van der Waals surface area contributed by atoms with Crippen molar-refractivity contribution in [2.75, 3.05) is 10.6 Å². The number of aryl methyl sites for hydroxylation is 2. The van der Waals surface area contributed by atoms with Gasteiger partial charge in [-0.3, -0.25) is 4.68 Å². The van der Waals surface area contributed by atoms with Crippen LogP contribution < -0.4 is 10.6 Å². The van der Waals surface area contributed by atoms with E-state index in [1.807, 2.05) is 32.0 Å². The lowest BCUT2D eigenvalue weighted by Gasteiger charge is -2.12. The Kier molecular flexibility index (Phi) is 6.14. The third-order valence-electron chi connectivity index (χ3n) is 3.97. The molecule has 0 aliphatic carbocycles. The first kappa shape index (κ1) is 19.8. The van der Waals surface area contributed by atoms with Crippen LogP contribution in [0.1, 0.15) is 16.7 Å². The molecule has 140 valence electrons. The number of rotatable bonds is 4. The normalized spacial score (nSPS) is 10.7. The molecule has 0 saturated carbocycles. The third-order valence-corrected chi connectivity index (χ3v) is 5.11. The molecule has 0 spiro atoms. The van der Waals surface area contributed by atoms with Crippen LogP contribution >= 0.6 is 39.7 Å². The first-order valence-corrected chi connectivity index (χ1v) is 9.72. The van der Waals surface area contributed by atoms with Crippen LogP contribution in [-0.4, -0.2) is 14.9 Å². The lowest BCUT2D eigenvalue weighted by atomic mass is 10.1. The third kappa shape index (κ3) is 4.86. The van der Waals surface area contributed by atoms with Crippen molar-refractivity contribution in [3.63, 3.8) is 0 Å². The Hall–Kier alpha value is -1.96. The van der Waals surface area contributed by atoms with Gasteiger partial charge in [-0.15, -0.1) is 0 Å². The summed E-state index contributed by atoms with van der Waals surface area (Å²) < 4.78 is 16.3. The smallest absolute Gasteiger partial charge is 0.176 e. The standard InChI is InChI=1S/C19H17BrClFN4S/c1-11-6-7-12(2)17(8-11)23-19(27)24-18-14(20)10-26(25-18)9-13-15(21)4-3-5-16(13)22/h3-8,10H,9H2,1-2H3,(H2,23,24,25,27). The van der Waals surface area contributed by atoms with Crippen molar-refractivity contribution in [2.24, 2.45) is 0 Å². The van der Waals surface area contributed by atoms with E-state index in [2.05, 4.69) is 31.7 Å². The van der Waals surface area contributed by atoms with Gasteiger partial charge in [-0.1, -0.05) is 29.8 Å². The van der Waals surface area contributed by atoms with Crippen LogP contribution in [0.2, 0.25) is 5.02 Å². The lowest BCUT2D eigenvalue weighted by Crippen LogP contribution is -2.20. The predicted molar refractivity (Wildman–Crippen MR) is 116 cm³/mol. The van der Waals surface area contributed by atoms with Crippen LogP contribution in [0, 0.1) is 19.7 Å². The van der Waals surface area contributed by atoms with E-state index in [4.69, 9.17) is 23.8 Å². The summed E-state index contributed by atoms with van der Waals surface area (Å²) in [4.78, 5) is 0. The van der Waals surface area contributed by atoms with Crippen molar-refractivity contribution in [3.8, 4) is 0 Å². The number of thiocarbonyl (C=S) groups is 1. The maximum Gasteiger partial charge on any atom is 0.176 e. The van der Waals surface area contributed by atoms with Gasteiger partial charge in [-0.2, -0.15) is 5.10 Å². The molecule has 1 aromatic heterocycles. The van der Waals surface area contributed by atoms with Gasteiger partial charge in [0.1, 0.15) is 5.82 Å². The maximum absolute atomic E-state index is 14.0. The molecule has 0 saturated heterocycles. The summed E-state index contributed by atoms with van der Waals surface area (Å²) in [6.45, 7) is 4.24. The second kappa shape index (κ2) is 8.37. The summed E-state index contributed by atoms with van der Waals surface area (Å²) in [5, 5.41) is 11.4. The topological polar surface area (TPSA) is 41.9 Å². The van der Waals surface area contributed by atoms with Gasteiger partial charge in [0, 0.05) is 22.5 Å². The van der Waals surface area contributed by atoms with Crippen molar-refractivity contribution in [1.82, 2.24) is 9.78 Å². The van der Waals surface area contributed by atoms with E-state index < -0.39 is 0 Å². The van der Waals surface area contributed by atoms with Gasteiger partial charge in [-0.05, 0) is 71.3 Å². The molecule has 0 bridgehead atoms. The molecule has 1 heterocycles. The average molecular weight is 468 g/mol. The molecule has 4 nitrogen and oxygen atoms in total. The minimum atomic E-state index is -0.365. The van der Waals surface area contributed by atoms with Crippen LogP contribution in [0.4, 0.5) is 15.9 Å². The van der Waals surface area contributed by atoms with E-state index in [1.54, 1.807) is 23.0 Å². The monoisotopic (exact) mass is 466 g/mol. The van der Waals surface area contributed by atoms with Gasteiger partial charge in [0.05, 0.1) is 11.0 Å². The van der Waals surface area contributed by atoms with Crippen molar-refractivity contribution in [3.05, 3.63) is 74.6 Å². The molecule has 2 aromatic carbocycles. The van der Waals surface area contributed by atoms with E-state index in [-0.39, 0.29) is 12.4 Å². The average Bonchev–Trinajstić information content (AvgIpc) is 2.94. The minimum Gasteiger partial charge on any atom is -0.332 e. The molecule has 0 atom stereocenters. The Morgan fingerprint density at radius 2 is 2.04 bits per heavy atom. The van der Waals surface area contributed by atoms with E-state index in [0.29, 0.717) is 26.0 Å². The fraction of sp³-hybridized carbons (Fsp3) is 0.158. The Morgan fingerprint density at radius 3 is 2.78 bits per heavy atom. The molecule has 8 heteroatoms. The molecule has 0 aliphatic rings. The number of hydrogen-bond acceptors (Lipinski definition) is 2. The van der Waals surface area contributed by atoms with Crippen LogP contribution in [0.15, 0.2) is 47.1 Å². The first-order valence-electron chi connectivity index (χ1n) is 8.14. The summed E-state index contributed by atoms with van der Waals surface area (Å²) in [6.07, 6.45) is 1.74. The van der Waals surface area contributed by atoms with Crippen molar-refractivity contribution in [2.45, 2.75) is 20.4 Å². The van der Waals surface area contributed by atoms with Crippen molar-refractivity contribution >= 4 is 56.4 Å². The summed E-state index contributed by atoms with van der Waals surface area (Å²) in [6, 6.07) is 10.7. The van der Waals surface area contributed by atoms with Crippen molar-refractivity contribution < 1.29 is 4.39 Å². The summed E-state index contributed by atoms with van der Waals surface area (Å²) in [5.41, 5.74) is 3.54. The molecule has 3 rings (SSSR count). The lowest BCUT2D eigenvalue weighted by molar-refractivity contribution is 0.586. The second-order valence-corrected chi connectivity index (χ2v) is 7.79. The van der Waals surface area contributed by atoms with Gasteiger partial charge < -0.3 is 10.6 Å². The summed E-state index contributed by atoms with van der Waals surface area (Å²) >= 11 is 14.9. The molecule has 0 fully saturated rings. The number of aromatic nitrogens is 2. The molecule has 0 aliphatic heterocycles. The Labute approximate surface area is 175 Å². The van der Waals surface area contributed by atoms with Crippen LogP contribution in [0.25, 0.3) is 0 Å². The highest BCUT2D eigenvalue weighted by Crippen LogP contribution is 2.24. The predicted octanol–water partition coefficient (Wildman–Crippen LogP) is 5.91. The quantitative estimate of drug-likeness (QED) is 0.468. The fourth-order valence-corrected chi connectivity index (χ4v) is 3.38. The summed E-state index contributed by atoms with van der Waals surface area (Å²) in [7, 11) is 0. The van der Waals surface area contributed by atoms with Crippen LogP contribution in [0.3, 0.4) is 0 Å². The zero-order valence-electron chi connectivity index (χ0n) is 14.7. The van der Waals surface area contributed by atoms with Gasteiger partial charge in [-0.25, -0.2) is 4.39 Å². The molecule has 3 aromatic rings. The van der Waals surface area contributed by atoms with Gasteiger partial charge in [0.15, 0.2) is 10.9 Å². The number of anilines is 2. The maximum atomic E-state index is 14.0. The van der Waals surface area contributed by atoms with E-state index >= 15 is 0 Å². The largest absolute Gasteiger partial charge is 0.332 e. The number of benzene rings is 2. The van der Waals surface area contributed by atoms with Gasteiger partial charge in [0.2, 0.25) is 0 Å². The molecular weight excluding hydrogens is 451 g/mol. The Bertz CT molecular complexity index is 985.